The molecule has 156 valence electrons. The molecule has 0 aliphatic rings. The Balaban J connectivity index is 1.67. The second-order valence-corrected chi connectivity index (χ2v) is 6.57. The number of halogens is 3. The lowest BCUT2D eigenvalue weighted by atomic mass is 10.2. The fraction of sp³-hybridized carbons (Fsp3) is 0.182. The summed E-state index contributed by atoms with van der Waals surface area (Å²) in [5, 5.41) is 7.17. The molecule has 3 aromatic rings. The lowest BCUT2D eigenvalue weighted by Crippen LogP contribution is -2.10. The second kappa shape index (κ2) is 9.30. The molecule has 0 fully saturated rings. The van der Waals surface area contributed by atoms with Crippen LogP contribution in [-0.4, -0.2) is 22.3 Å². The zero-order valence-electron chi connectivity index (χ0n) is 16.4. The Morgan fingerprint density at radius 1 is 1.17 bits per heavy atom. The van der Waals surface area contributed by atoms with Gasteiger partial charge in [0.2, 0.25) is 5.91 Å². The number of carbonyl (C=O) groups is 1. The molecule has 2 aromatic carbocycles. The number of benzene rings is 2. The van der Waals surface area contributed by atoms with Crippen LogP contribution < -0.4 is 10.1 Å². The summed E-state index contributed by atoms with van der Waals surface area (Å²) in [4.78, 5) is 12.3. The minimum Gasteiger partial charge on any atom is -0.435 e. The molecule has 0 atom stereocenters. The van der Waals surface area contributed by atoms with E-state index in [1.165, 1.54) is 24.3 Å². The molecule has 1 amide bonds. The van der Waals surface area contributed by atoms with Crippen molar-refractivity contribution in [2.45, 2.75) is 27.0 Å². The van der Waals surface area contributed by atoms with Crippen LogP contribution in [0.1, 0.15) is 22.5 Å². The fourth-order valence-electron chi connectivity index (χ4n) is 2.92. The summed E-state index contributed by atoms with van der Waals surface area (Å²) < 4.78 is 44.2. The SMILES string of the molecule is Cc1nn(Cc2ccccc2F)c(C)c1NC(=O)/C=C\c1ccc(OC(F)F)cc1. The lowest BCUT2D eigenvalue weighted by Gasteiger charge is -2.07. The zero-order chi connectivity index (χ0) is 21.7. The number of alkyl halides is 2. The van der Waals surface area contributed by atoms with Crippen molar-refractivity contribution in [1.29, 1.82) is 0 Å². The van der Waals surface area contributed by atoms with Crippen molar-refractivity contribution in [2.75, 3.05) is 5.32 Å². The summed E-state index contributed by atoms with van der Waals surface area (Å²) in [5.41, 5.74) is 3.02. The molecule has 0 spiro atoms. The molecule has 5 nitrogen and oxygen atoms in total. The summed E-state index contributed by atoms with van der Waals surface area (Å²) in [6.45, 7) is 0.911. The third kappa shape index (κ3) is 5.28. The number of aryl methyl sites for hydroxylation is 1. The maximum atomic E-state index is 13.9. The molecular formula is C22H20F3N3O2. The van der Waals surface area contributed by atoms with Gasteiger partial charge in [0.05, 0.1) is 23.6 Å². The summed E-state index contributed by atoms with van der Waals surface area (Å²) in [5.74, 6) is -0.650. The largest absolute Gasteiger partial charge is 0.435 e. The maximum Gasteiger partial charge on any atom is 0.387 e. The van der Waals surface area contributed by atoms with E-state index < -0.39 is 6.61 Å². The minimum absolute atomic E-state index is 0.0418. The molecule has 0 unspecified atom stereocenters. The van der Waals surface area contributed by atoms with E-state index in [0.717, 1.165) is 0 Å². The highest BCUT2D eigenvalue weighted by Gasteiger charge is 2.14. The lowest BCUT2D eigenvalue weighted by molar-refractivity contribution is -0.111. The van der Waals surface area contributed by atoms with E-state index in [1.807, 2.05) is 0 Å². The van der Waals surface area contributed by atoms with Crippen molar-refractivity contribution in [2.24, 2.45) is 0 Å². The molecule has 0 radical (unpaired) electrons. The van der Waals surface area contributed by atoms with Crippen molar-refractivity contribution in [3.63, 3.8) is 0 Å². The van der Waals surface area contributed by atoms with E-state index in [9.17, 15) is 18.0 Å². The smallest absolute Gasteiger partial charge is 0.387 e. The van der Waals surface area contributed by atoms with Gasteiger partial charge in [0.15, 0.2) is 0 Å². The minimum atomic E-state index is -2.89. The highest BCUT2D eigenvalue weighted by molar-refractivity contribution is 6.02. The van der Waals surface area contributed by atoms with Gasteiger partial charge >= 0.3 is 6.61 Å². The van der Waals surface area contributed by atoms with Crippen LogP contribution in [-0.2, 0) is 11.3 Å². The number of rotatable bonds is 7. The first-order valence-corrected chi connectivity index (χ1v) is 9.15. The standard InChI is InChI=1S/C22H20F3N3O2/c1-14-21(15(2)28(27-14)13-17-5-3-4-6-19(17)23)26-20(29)12-9-16-7-10-18(11-8-16)30-22(24)25/h3-12,22H,13H2,1-2H3,(H,26,29)/b12-9-. The van der Waals surface area contributed by atoms with Gasteiger partial charge in [0.1, 0.15) is 11.6 Å². The molecule has 1 N–H and O–H groups in total. The first kappa shape index (κ1) is 21.2. The number of anilines is 1. The van der Waals surface area contributed by atoms with Gasteiger partial charge in [-0.05, 0) is 43.7 Å². The molecule has 0 saturated heterocycles. The second-order valence-electron chi connectivity index (χ2n) is 6.57. The Kier molecular flexibility index (Phi) is 6.56. The molecule has 3 rings (SSSR count). The highest BCUT2D eigenvalue weighted by atomic mass is 19.3. The van der Waals surface area contributed by atoms with E-state index in [0.29, 0.717) is 28.2 Å². The Morgan fingerprint density at radius 2 is 1.87 bits per heavy atom. The summed E-state index contributed by atoms with van der Waals surface area (Å²) in [6, 6.07) is 12.4. The third-order valence-corrected chi connectivity index (χ3v) is 4.44. The molecule has 0 aliphatic heterocycles. The Hall–Kier alpha value is -3.55. The van der Waals surface area contributed by atoms with E-state index in [2.05, 4.69) is 15.2 Å². The van der Waals surface area contributed by atoms with Crippen molar-refractivity contribution in [1.82, 2.24) is 9.78 Å². The molecule has 0 bridgehead atoms. The predicted octanol–water partition coefficient (Wildman–Crippen LogP) is 4.94. The third-order valence-electron chi connectivity index (χ3n) is 4.44. The average Bonchev–Trinajstić information content (AvgIpc) is 2.96. The summed E-state index contributed by atoms with van der Waals surface area (Å²) in [7, 11) is 0. The van der Waals surface area contributed by atoms with E-state index in [-0.39, 0.29) is 24.0 Å². The van der Waals surface area contributed by atoms with Crippen LogP contribution in [0.5, 0.6) is 5.75 Å². The van der Waals surface area contributed by atoms with Crippen LogP contribution in [0.3, 0.4) is 0 Å². The quantitative estimate of drug-likeness (QED) is 0.556. The predicted molar refractivity (Wildman–Crippen MR) is 108 cm³/mol. The Labute approximate surface area is 171 Å². The average molecular weight is 415 g/mol. The Morgan fingerprint density at radius 3 is 2.53 bits per heavy atom. The van der Waals surface area contributed by atoms with Crippen molar-refractivity contribution >= 4 is 17.7 Å². The number of aromatic nitrogens is 2. The maximum absolute atomic E-state index is 13.9. The number of hydrogen-bond acceptors (Lipinski definition) is 3. The monoisotopic (exact) mass is 415 g/mol. The van der Waals surface area contributed by atoms with Crippen LogP contribution in [0, 0.1) is 19.7 Å². The van der Waals surface area contributed by atoms with E-state index >= 15 is 0 Å². The normalized spacial score (nSPS) is 11.3. The van der Waals surface area contributed by atoms with Gasteiger partial charge in [-0.15, -0.1) is 0 Å². The molecule has 30 heavy (non-hydrogen) atoms. The van der Waals surface area contributed by atoms with Crippen LogP contribution in [0.15, 0.2) is 54.6 Å². The number of carbonyl (C=O) groups excluding carboxylic acids is 1. The van der Waals surface area contributed by atoms with Gasteiger partial charge in [-0.25, -0.2) is 4.39 Å². The van der Waals surface area contributed by atoms with Crippen LogP contribution >= 0.6 is 0 Å². The number of amides is 1. The van der Waals surface area contributed by atoms with Crippen molar-refractivity contribution in [3.05, 3.63) is 82.9 Å². The van der Waals surface area contributed by atoms with Crippen LogP contribution in [0.2, 0.25) is 0 Å². The number of hydrogen-bond donors (Lipinski definition) is 1. The van der Waals surface area contributed by atoms with Gasteiger partial charge in [-0.1, -0.05) is 30.3 Å². The van der Waals surface area contributed by atoms with Gasteiger partial charge in [0, 0.05) is 11.6 Å². The van der Waals surface area contributed by atoms with E-state index in [1.54, 1.807) is 54.9 Å². The number of nitrogens with zero attached hydrogens (tertiary/aromatic N) is 2. The van der Waals surface area contributed by atoms with Crippen molar-refractivity contribution in [3.8, 4) is 5.75 Å². The molecule has 1 heterocycles. The summed E-state index contributed by atoms with van der Waals surface area (Å²) >= 11 is 0. The topological polar surface area (TPSA) is 56.2 Å². The number of nitrogens with one attached hydrogen (secondary N) is 1. The molecular weight excluding hydrogens is 395 g/mol. The fourth-order valence-corrected chi connectivity index (χ4v) is 2.92. The van der Waals surface area contributed by atoms with Gasteiger partial charge in [-0.2, -0.15) is 13.9 Å². The molecule has 1 aromatic heterocycles. The first-order valence-electron chi connectivity index (χ1n) is 9.15. The Bertz CT molecular complexity index is 1060. The van der Waals surface area contributed by atoms with Gasteiger partial charge in [0.25, 0.3) is 0 Å². The highest BCUT2D eigenvalue weighted by Crippen LogP contribution is 2.21. The van der Waals surface area contributed by atoms with Crippen LogP contribution in [0.4, 0.5) is 18.9 Å². The molecule has 0 saturated carbocycles. The molecule has 0 aliphatic carbocycles. The van der Waals surface area contributed by atoms with Gasteiger partial charge < -0.3 is 10.1 Å². The van der Waals surface area contributed by atoms with Crippen molar-refractivity contribution < 1.29 is 22.7 Å². The molecule has 8 heteroatoms. The first-order chi connectivity index (χ1) is 14.3. The zero-order valence-corrected chi connectivity index (χ0v) is 16.4. The van der Waals surface area contributed by atoms with E-state index in [4.69, 9.17) is 0 Å². The van der Waals surface area contributed by atoms with Crippen LogP contribution in [0.25, 0.3) is 6.08 Å². The van der Waals surface area contributed by atoms with Gasteiger partial charge in [-0.3, -0.25) is 9.48 Å². The summed E-state index contributed by atoms with van der Waals surface area (Å²) in [6.07, 6.45) is 2.88. The number of ether oxygens (including phenoxy) is 1.